The summed E-state index contributed by atoms with van der Waals surface area (Å²) in [6, 6.07) is 8.73. The van der Waals surface area contributed by atoms with E-state index in [-0.39, 0.29) is 49.6 Å². The fourth-order valence-corrected chi connectivity index (χ4v) is 3.62. The van der Waals surface area contributed by atoms with Crippen LogP contribution in [0.25, 0.3) is 0 Å². The number of nitrogens with one attached hydrogen (secondary N) is 2. The number of carbonyl (C=O) groups is 2. The smallest absolute Gasteiger partial charge is 0.406 e. The minimum Gasteiger partial charge on any atom is -0.406 e. The Balaban J connectivity index is 1.19. The molecule has 0 aliphatic carbocycles. The van der Waals surface area contributed by atoms with Gasteiger partial charge < -0.3 is 15.4 Å². The zero-order valence-electron chi connectivity index (χ0n) is 21.7. The second kappa shape index (κ2) is 13.0. The fourth-order valence-electron chi connectivity index (χ4n) is 3.62. The lowest BCUT2D eigenvalue weighted by Crippen LogP contribution is -2.23. The summed E-state index contributed by atoms with van der Waals surface area (Å²) in [5.74, 6) is -1.37. The van der Waals surface area contributed by atoms with Gasteiger partial charge in [0.05, 0.1) is 25.4 Å². The van der Waals surface area contributed by atoms with E-state index in [2.05, 4.69) is 41.0 Å². The van der Waals surface area contributed by atoms with E-state index in [1.165, 1.54) is 33.9 Å². The van der Waals surface area contributed by atoms with E-state index in [0.29, 0.717) is 0 Å². The molecule has 16 heteroatoms. The van der Waals surface area contributed by atoms with Crippen LogP contribution in [0.2, 0.25) is 0 Å². The van der Waals surface area contributed by atoms with Gasteiger partial charge >= 0.3 is 6.36 Å². The number of halogens is 4. The number of benzene rings is 1. The first-order valence-electron chi connectivity index (χ1n) is 12.3. The lowest BCUT2D eigenvalue weighted by molar-refractivity contribution is -0.274. The maximum absolute atomic E-state index is 14.6. The van der Waals surface area contributed by atoms with Crippen molar-refractivity contribution >= 4 is 17.6 Å². The molecule has 0 radical (unpaired) electrons. The quantitative estimate of drug-likeness (QED) is 0.246. The standard InChI is InChI=1S/C25H25F4N9O3/c1-16-5-6-18(11-30-16)12-31-24(40)21-14-37(35-33-21)8-7-19(26)13-38-15-22(34-36-38)32-23(39)10-17-3-2-4-20(9-17)41-25(27,28)29/h2-6,9,11,14-15,19H,7-8,10,12-13H2,1H3,(H,31,40)(H,32,39). The van der Waals surface area contributed by atoms with Crippen LogP contribution in [0.1, 0.15) is 33.7 Å². The van der Waals surface area contributed by atoms with Crippen LogP contribution in [0, 0.1) is 6.92 Å². The maximum Gasteiger partial charge on any atom is 0.573 e. The van der Waals surface area contributed by atoms with Crippen molar-refractivity contribution in [1.29, 1.82) is 0 Å². The van der Waals surface area contributed by atoms with Crippen molar-refractivity contribution < 1.29 is 31.9 Å². The Bertz CT molecular complexity index is 1470. The highest BCUT2D eigenvalue weighted by Crippen LogP contribution is 2.23. The first-order chi connectivity index (χ1) is 19.5. The van der Waals surface area contributed by atoms with Gasteiger partial charge in [-0.05, 0) is 36.2 Å². The minimum absolute atomic E-state index is 0.0390. The van der Waals surface area contributed by atoms with Crippen LogP contribution >= 0.6 is 0 Å². The van der Waals surface area contributed by atoms with Crippen molar-refractivity contribution in [2.75, 3.05) is 5.32 Å². The lowest BCUT2D eigenvalue weighted by Gasteiger charge is -2.09. The van der Waals surface area contributed by atoms with Crippen LogP contribution in [0.4, 0.5) is 23.4 Å². The summed E-state index contributed by atoms with van der Waals surface area (Å²) < 4.78 is 58.2. The zero-order valence-corrected chi connectivity index (χ0v) is 21.7. The summed E-state index contributed by atoms with van der Waals surface area (Å²) in [5.41, 5.74) is 2.08. The Morgan fingerprint density at radius 1 is 1.05 bits per heavy atom. The predicted molar refractivity (Wildman–Crippen MR) is 135 cm³/mol. The third-order valence-corrected chi connectivity index (χ3v) is 5.56. The highest BCUT2D eigenvalue weighted by molar-refractivity contribution is 5.92. The van der Waals surface area contributed by atoms with Crippen molar-refractivity contribution in [3.63, 3.8) is 0 Å². The molecule has 3 heterocycles. The summed E-state index contributed by atoms with van der Waals surface area (Å²) in [4.78, 5) is 28.7. The molecule has 0 saturated heterocycles. The summed E-state index contributed by atoms with van der Waals surface area (Å²) in [7, 11) is 0. The normalized spacial score (nSPS) is 12.1. The van der Waals surface area contributed by atoms with Crippen LogP contribution in [-0.4, -0.2) is 59.3 Å². The molecule has 0 bridgehead atoms. The van der Waals surface area contributed by atoms with E-state index >= 15 is 0 Å². The van der Waals surface area contributed by atoms with Crippen LogP contribution in [0.3, 0.4) is 0 Å². The number of nitrogens with zero attached hydrogens (tertiary/aromatic N) is 7. The van der Waals surface area contributed by atoms with Crippen molar-refractivity contribution in [1.82, 2.24) is 40.3 Å². The topological polar surface area (TPSA) is 142 Å². The summed E-state index contributed by atoms with van der Waals surface area (Å²) >= 11 is 0. The van der Waals surface area contributed by atoms with Crippen molar-refractivity contribution in [3.05, 3.63) is 77.5 Å². The maximum atomic E-state index is 14.6. The van der Waals surface area contributed by atoms with Gasteiger partial charge in [0.25, 0.3) is 5.91 Å². The van der Waals surface area contributed by atoms with E-state index < -0.39 is 30.1 Å². The molecule has 12 nitrogen and oxygen atoms in total. The third kappa shape index (κ3) is 9.36. The first-order valence-corrected chi connectivity index (χ1v) is 12.3. The van der Waals surface area contributed by atoms with Crippen LogP contribution in [-0.2, 0) is 30.8 Å². The molecule has 2 amide bonds. The molecular formula is C25H25F4N9O3. The number of amides is 2. The number of anilines is 1. The molecule has 1 atom stereocenters. The molecule has 0 spiro atoms. The van der Waals surface area contributed by atoms with Gasteiger partial charge in [0.1, 0.15) is 11.9 Å². The second-order valence-electron chi connectivity index (χ2n) is 8.99. The Labute approximate surface area is 230 Å². The van der Waals surface area contributed by atoms with Crippen LogP contribution < -0.4 is 15.4 Å². The molecule has 1 unspecified atom stereocenters. The van der Waals surface area contributed by atoms with Gasteiger partial charge in [-0.1, -0.05) is 28.6 Å². The number of ether oxygens (including phenoxy) is 1. The zero-order chi connectivity index (χ0) is 29.4. The molecule has 0 fully saturated rings. The summed E-state index contributed by atoms with van der Waals surface area (Å²) in [5, 5.41) is 20.4. The number of alkyl halides is 4. The summed E-state index contributed by atoms with van der Waals surface area (Å²) in [6.07, 6.45) is -1.99. The molecule has 1 aromatic carbocycles. The van der Waals surface area contributed by atoms with Gasteiger partial charge in [0, 0.05) is 31.4 Å². The average molecular weight is 576 g/mol. The molecule has 0 aliphatic heterocycles. The van der Waals surface area contributed by atoms with Crippen molar-refractivity contribution in [2.24, 2.45) is 0 Å². The van der Waals surface area contributed by atoms with Gasteiger partial charge in [-0.2, -0.15) is 0 Å². The Hall–Kier alpha value is -4.89. The number of hydrogen-bond donors (Lipinski definition) is 2. The van der Waals surface area contributed by atoms with Gasteiger partial charge in [0.2, 0.25) is 5.91 Å². The minimum atomic E-state index is -4.84. The van der Waals surface area contributed by atoms with Crippen LogP contribution in [0.5, 0.6) is 5.75 Å². The highest BCUT2D eigenvalue weighted by atomic mass is 19.4. The second-order valence-corrected chi connectivity index (χ2v) is 8.99. The van der Waals surface area contributed by atoms with Gasteiger partial charge in [-0.25, -0.2) is 9.07 Å². The molecule has 41 heavy (non-hydrogen) atoms. The molecule has 216 valence electrons. The molecule has 3 aromatic heterocycles. The number of pyridine rings is 1. The number of aryl methyl sites for hydroxylation is 2. The molecule has 4 rings (SSSR count). The molecule has 0 saturated carbocycles. The summed E-state index contributed by atoms with van der Waals surface area (Å²) in [6.45, 7) is 2.13. The SMILES string of the molecule is Cc1ccc(CNC(=O)c2cn(CCC(F)Cn3cc(NC(=O)Cc4cccc(OC(F)(F)F)c4)nn3)nn2)cn1. The Morgan fingerprint density at radius 3 is 2.61 bits per heavy atom. The Kier molecular flexibility index (Phi) is 9.21. The number of rotatable bonds is 12. The van der Waals surface area contributed by atoms with Crippen molar-refractivity contribution in [2.45, 2.75) is 51.9 Å². The van der Waals surface area contributed by atoms with E-state index in [1.807, 2.05) is 19.1 Å². The average Bonchev–Trinajstić information content (AvgIpc) is 3.56. The van der Waals surface area contributed by atoms with Crippen LogP contribution in [0.15, 0.2) is 55.0 Å². The number of aromatic nitrogens is 7. The fraction of sp³-hybridized carbons (Fsp3) is 0.320. The molecular weight excluding hydrogens is 550 g/mol. The van der Waals surface area contributed by atoms with Gasteiger partial charge in [0.15, 0.2) is 11.5 Å². The molecule has 2 N–H and O–H groups in total. The first kappa shape index (κ1) is 29.1. The Morgan fingerprint density at radius 2 is 1.85 bits per heavy atom. The molecule has 4 aromatic rings. The van der Waals surface area contributed by atoms with E-state index in [1.54, 1.807) is 6.20 Å². The number of carbonyl (C=O) groups excluding carboxylic acids is 2. The highest BCUT2D eigenvalue weighted by Gasteiger charge is 2.31. The number of hydrogen-bond acceptors (Lipinski definition) is 8. The van der Waals surface area contributed by atoms with E-state index in [0.717, 1.165) is 23.4 Å². The lowest BCUT2D eigenvalue weighted by atomic mass is 10.1. The van der Waals surface area contributed by atoms with E-state index in [9.17, 15) is 27.2 Å². The van der Waals surface area contributed by atoms with E-state index in [4.69, 9.17) is 0 Å². The van der Waals surface area contributed by atoms with Gasteiger partial charge in [-0.15, -0.1) is 23.4 Å². The van der Waals surface area contributed by atoms with Gasteiger partial charge in [-0.3, -0.25) is 19.3 Å². The van der Waals surface area contributed by atoms with Crippen molar-refractivity contribution in [3.8, 4) is 5.75 Å². The largest absolute Gasteiger partial charge is 0.573 e. The third-order valence-electron chi connectivity index (χ3n) is 5.56. The monoisotopic (exact) mass is 575 g/mol. The molecule has 0 aliphatic rings. The predicted octanol–water partition coefficient (Wildman–Crippen LogP) is 3.01.